The Bertz CT molecular complexity index is 1290. The molecule has 0 bridgehead atoms. The third-order valence-corrected chi connectivity index (χ3v) is 15.9. The fourth-order valence-electron chi connectivity index (χ4n) is 13.1. The largest absolute Gasteiger partial charge is 0.394 e. The second-order valence-corrected chi connectivity index (χ2v) is 19.5. The van der Waals surface area contributed by atoms with Crippen molar-refractivity contribution in [2.75, 3.05) is 13.2 Å². The van der Waals surface area contributed by atoms with Crippen LogP contribution in [0.25, 0.3) is 0 Å². The van der Waals surface area contributed by atoms with Crippen molar-refractivity contribution in [1.29, 1.82) is 0 Å². The molecule has 6 aliphatic rings. The summed E-state index contributed by atoms with van der Waals surface area (Å²) in [5.74, 6) is 0.196. The number of ether oxygens (including phenoxy) is 4. The van der Waals surface area contributed by atoms with Crippen LogP contribution in [0.1, 0.15) is 92.9 Å². The Morgan fingerprint density at radius 2 is 1.27 bits per heavy atom. The molecule has 0 amide bonds. The summed E-state index contributed by atoms with van der Waals surface area (Å²) in [6, 6.07) is 0. The van der Waals surface area contributed by atoms with Gasteiger partial charge in [0.2, 0.25) is 0 Å². The first kappa shape index (κ1) is 44.0. The lowest BCUT2D eigenvalue weighted by Crippen LogP contribution is -2.64. The van der Waals surface area contributed by atoms with Crippen LogP contribution in [-0.2, 0) is 18.9 Å². The smallest absolute Gasteiger partial charge is 0.186 e. The minimum Gasteiger partial charge on any atom is -0.394 e. The monoisotopic (exact) mass is 790 g/mol. The van der Waals surface area contributed by atoms with E-state index < -0.39 is 105 Å². The fourth-order valence-corrected chi connectivity index (χ4v) is 13.1. The Labute approximate surface area is 324 Å². The second kappa shape index (κ2) is 16.5. The molecule has 2 heterocycles. The summed E-state index contributed by atoms with van der Waals surface area (Å²) in [4.78, 5) is 0. The van der Waals surface area contributed by atoms with E-state index in [2.05, 4.69) is 27.7 Å². The maximum atomic E-state index is 12.0. The minimum absolute atomic E-state index is 0.00568. The van der Waals surface area contributed by atoms with Crippen LogP contribution in [0.4, 0.5) is 0 Å². The molecule has 6 fully saturated rings. The quantitative estimate of drug-likeness (QED) is 0.117. The van der Waals surface area contributed by atoms with Crippen LogP contribution in [0.5, 0.6) is 0 Å². The molecule has 6 rings (SSSR count). The highest BCUT2D eigenvalue weighted by Gasteiger charge is 2.69. The standard InChI is InChI=1S/C40H70O15/c1-17(2)29(45)22(43)11-18(3)28-21(42)13-27-39(28,5)10-8-26-38(4)9-7-19(12-20(38)23(44)14-40(26,27)6)53-37-35(51)33(49)31(47)25(55-37)16-52-36-34(50)32(48)30(46)24(15-41)54-36/h17-37,41-51H,7-16H2,1-6H3/t18-,19+,20-,21+,22?,23-,24-,25-,26-,27-,28+,29?,30-,31-,32+,33+,34-,35-,36-,37-,38+,39+,40-/m1/s1. The molecule has 2 unspecified atom stereocenters. The Hall–Kier alpha value is -0.600. The van der Waals surface area contributed by atoms with Gasteiger partial charge >= 0.3 is 0 Å². The van der Waals surface area contributed by atoms with E-state index in [0.29, 0.717) is 32.1 Å². The molecule has 0 spiro atoms. The number of hydrogen-bond acceptors (Lipinski definition) is 15. The van der Waals surface area contributed by atoms with Gasteiger partial charge < -0.3 is 75.1 Å². The lowest BCUT2D eigenvalue weighted by Gasteiger charge is -2.67. The van der Waals surface area contributed by atoms with Gasteiger partial charge in [0, 0.05) is 0 Å². The highest BCUT2D eigenvalue weighted by Crippen LogP contribution is 2.73. The van der Waals surface area contributed by atoms with Gasteiger partial charge in [-0.15, -0.1) is 0 Å². The molecule has 0 radical (unpaired) electrons. The predicted octanol–water partition coefficient (Wildman–Crippen LogP) is -0.610. The molecule has 0 aromatic rings. The molecule has 11 N–H and O–H groups in total. The molecule has 55 heavy (non-hydrogen) atoms. The van der Waals surface area contributed by atoms with Gasteiger partial charge in [0.15, 0.2) is 12.6 Å². The van der Waals surface area contributed by atoms with Gasteiger partial charge in [-0.1, -0.05) is 41.5 Å². The van der Waals surface area contributed by atoms with Crippen molar-refractivity contribution in [1.82, 2.24) is 0 Å². The van der Waals surface area contributed by atoms with Crippen molar-refractivity contribution in [2.45, 2.75) is 185 Å². The lowest BCUT2D eigenvalue weighted by molar-refractivity contribution is -0.339. The fraction of sp³-hybridized carbons (Fsp3) is 1.00. The van der Waals surface area contributed by atoms with E-state index in [0.717, 1.165) is 19.3 Å². The van der Waals surface area contributed by atoms with Crippen LogP contribution < -0.4 is 0 Å². The van der Waals surface area contributed by atoms with Crippen LogP contribution in [-0.4, -0.2) is 161 Å². The van der Waals surface area contributed by atoms with Crippen LogP contribution in [0, 0.1) is 51.8 Å². The first-order valence-electron chi connectivity index (χ1n) is 20.7. The number of aliphatic hydroxyl groups is 11. The van der Waals surface area contributed by atoms with Crippen molar-refractivity contribution in [2.24, 2.45) is 51.8 Å². The van der Waals surface area contributed by atoms with Gasteiger partial charge in [0.05, 0.1) is 43.7 Å². The van der Waals surface area contributed by atoms with E-state index in [9.17, 15) is 56.2 Å². The van der Waals surface area contributed by atoms with Crippen LogP contribution in [0.15, 0.2) is 0 Å². The number of aliphatic hydroxyl groups excluding tert-OH is 11. The molecule has 15 heteroatoms. The maximum Gasteiger partial charge on any atom is 0.186 e. The van der Waals surface area contributed by atoms with E-state index in [4.69, 9.17) is 18.9 Å². The summed E-state index contributed by atoms with van der Waals surface area (Å²) in [5.41, 5.74) is -0.671. The number of hydrogen-bond donors (Lipinski definition) is 11. The maximum absolute atomic E-state index is 12.0. The van der Waals surface area contributed by atoms with E-state index >= 15 is 0 Å². The minimum atomic E-state index is -1.67. The zero-order chi connectivity index (χ0) is 40.5. The summed E-state index contributed by atoms with van der Waals surface area (Å²) in [5, 5.41) is 117. The van der Waals surface area contributed by atoms with Crippen molar-refractivity contribution in [3.63, 3.8) is 0 Å². The summed E-state index contributed by atoms with van der Waals surface area (Å²) >= 11 is 0. The Kier molecular flexibility index (Phi) is 13.2. The molecule has 0 aromatic carbocycles. The zero-order valence-corrected chi connectivity index (χ0v) is 33.2. The van der Waals surface area contributed by atoms with Crippen LogP contribution >= 0.6 is 0 Å². The van der Waals surface area contributed by atoms with E-state index in [1.54, 1.807) is 0 Å². The SMILES string of the molecule is CC(C)C(O)C(O)C[C@@H](C)[C@H]1[C@@H](O)C[C@H]2[C@]3(C)C[C@@H](O)[C@H]4C[C@@H](O[C@@H]5O[C@H](CO[C@@H]6O[C@H](CO)[C@@H](O)[C@H](O)[C@H]6O)[C@@H](O)[C@H](O)[C@H]5O)CC[C@]4(C)[C@H]3CC[C@]12C. The van der Waals surface area contributed by atoms with Crippen LogP contribution in [0.3, 0.4) is 0 Å². The highest BCUT2D eigenvalue weighted by molar-refractivity contribution is 5.17. The Morgan fingerprint density at radius 1 is 0.673 bits per heavy atom. The second-order valence-electron chi connectivity index (χ2n) is 19.5. The van der Waals surface area contributed by atoms with Gasteiger partial charge in [-0.3, -0.25) is 0 Å². The Morgan fingerprint density at radius 3 is 1.91 bits per heavy atom. The summed E-state index contributed by atoms with van der Waals surface area (Å²) in [6.07, 6.45) is -13.1. The summed E-state index contributed by atoms with van der Waals surface area (Å²) in [6.45, 7) is 11.6. The molecular weight excluding hydrogens is 720 g/mol. The summed E-state index contributed by atoms with van der Waals surface area (Å²) < 4.78 is 23.2. The van der Waals surface area contributed by atoms with Crippen molar-refractivity contribution in [3.8, 4) is 0 Å². The average Bonchev–Trinajstić information content (AvgIpc) is 3.41. The van der Waals surface area contributed by atoms with E-state index in [1.165, 1.54) is 0 Å². The van der Waals surface area contributed by atoms with Gasteiger partial charge in [0.1, 0.15) is 48.8 Å². The van der Waals surface area contributed by atoms with Crippen molar-refractivity contribution in [3.05, 3.63) is 0 Å². The molecule has 15 nitrogen and oxygen atoms in total. The number of rotatable bonds is 11. The van der Waals surface area contributed by atoms with E-state index in [-0.39, 0.29) is 51.8 Å². The third kappa shape index (κ3) is 7.70. The molecule has 320 valence electrons. The van der Waals surface area contributed by atoms with Gasteiger partial charge in [-0.25, -0.2) is 0 Å². The first-order chi connectivity index (χ1) is 25.7. The predicted molar refractivity (Wildman–Crippen MR) is 195 cm³/mol. The molecule has 2 aliphatic heterocycles. The lowest BCUT2D eigenvalue weighted by atomic mass is 9.38. The molecule has 23 atom stereocenters. The molecule has 0 aromatic heterocycles. The van der Waals surface area contributed by atoms with Crippen molar-refractivity contribution < 1.29 is 75.1 Å². The van der Waals surface area contributed by atoms with Gasteiger partial charge in [-0.05, 0) is 103 Å². The molecule has 2 saturated heterocycles. The normalized spacial score (nSPS) is 53.2. The third-order valence-electron chi connectivity index (χ3n) is 15.9. The highest BCUT2D eigenvalue weighted by atomic mass is 16.7. The zero-order valence-electron chi connectivity index (χ0n) is 33.2. The van der Waals surface area contributed by atoms with Crippen LogP contribution in [0.2, 0.25) is 0 Å². The molecule has 4 aliphatic carbocycles. The Balaban J connectivity index is 1.11. The molecular formula is C40H70O15. The number of fused-ring (bicyclic) bond motifs is 5. The molecule has 4 saturated carbocycles. The first-order valence-corrected chi connectivity index (χ1v) is 20.7. The average molecular weight is 791 g/mol. The van der Waals surface area contributed by atoms with Crippen molar-refractivity contribution >= 4 is 0 Å². The van der Waals surface area contributed by atoms with E-state index in [1.807, 2.05) is 13.8 Å². The topological polar surface area (TPSA) is 259 Å². The van der Waals surface area contributed by atoms with Gasteiger partial charge in [-0.2, -0.15) is 0 Å². The van der Waals surface area contributed by atoms with Gasteiger partial charge in [0.25, 0.3) is 0 Å². The summed E-state index contributed by atoms with van der Waals surface area (Å²) in [7, 11) is 0.